The predicted octanol–water partition coefficient (Wildman–Crippen LogP) is 9.64. The van der Waals surface area contributed by atoms with Crippen LogP contribution in [0.4, 0.5) is 0 Å². The van der Waals surface area contributed by atoms with Crippen LogP contribution in [0.2, 0.25) is 0 Å². The average Bonchev–Trinajstić information content (AvgIpc) is 2.98. The van der Waals surface area contributed by atoms with E-state index < -0.39 is 0 Å². The number of hydrogen-bond donors (Lipinski definition) is 0. The molecule has 0 radical (unpaired) electrons. The lowest BCUT2D eigenvalue weighted by atomic mass is 9.48. The van der Waals surface area contributed by atoms with E-state index in [1.54, 1.807) is 12.1 Å². The van der Waals surface area contributed by atoms with E-state index in [9.17, 15) is 4.79 Å². The lowest BCUT2D eigenvalue weighted by Gasteiger charge is -2.57. The Hall–Kier alpha value is -2.73. The highest BCUT2D eigenvalue weighted by atomic mass is 16.5. The Kier molecular flexibility index (Phi) is 10.5. The number of methoxy groups -OCH3 is 1. The Bertz CT molecular complexity index is 1160. The molecule has 0 amide bonds. The third-order valence-corrected chi connectivity index (χ3v) is 10.0. The van der Waals surface area contributed by atoms with Crippen molar-refractivity contribution in [2.45, 2.75) is 115 Å². The summed E-state index contributed by atoms with van der Waals surface area (Å²) in [7, 11) is 1.40. The van der Waals surface area contributed by atoms with Gasteiger partial charge in [-0.15, -0.1) is 0 Å². The molecule has 4 aliphatic rings. The normalized spacial score (nSPS) is 24.1. The number of benzene rings is 2. The van der Waals surface area contributed by atoms with Gasteiger partial charge in [-0.3, -0.25) is 0 Å². The van der Waals surface area contributed by atoms with Crippen molar-refractivity contribution >= 4 is 5.97 Å². The molecule has 3 heteroatoms. The third-order valence-electron chi connectivity index (χ3n) is 10.0. The molecule has 0 saturated heterocycles. The van der Waals surface area contributed by atoms with Gasteiger partial charge in [-0.05, 0) is 111 Å². The number of carbonyl (C=O) groups excluding carboxylic acids is 1. The number of carbonyl (C=O) groups is 1. The molecule has 41 heavy (non-hydrogen) atoms. The van der Waals surface area contributed by atoms with Gasteiger partial charge in [-0.25, -0.2) is 4.79 Å². The predicted molar refractivity (Wildman–Crippen MR) is 167 cm³/mol. The monoisotopic (exact) mass is 554 g/mol. The summed E-state index contributed by atoms with van der Waals surface area (Å²) in [5.41, 5.74) is 4.19. The first-order chi connectivity index (χ1) is 20.1. The number of hydrogen-bond acceptors (Lipinski definition) is 3. The summed E-state index contributed by atoms with van der Waals surface area (Å²) in [6.45, 7) is 3.10. The smallest absolute Gasteiger partial charge is 0.337 e. The third kappa shape index (κ3) is 7.77. The molecule has 220 valence electrons. The zero-order valence-electron chi connectivity index (χ0n) is 25.5. The topological polar surface area (TPSA) is 35.5 Å². The van der Waals surface area contributed by atoms with Crippen LogP contribution in [0, 0.1) is 29.6 Å². The number of unbranched alkanes of at least 4 members (excludes halogenated alkanes) is 9. The first kappa shape index (κ1) is 29.8. The maximum absolute atomic E-state index is 11.8. The van der Waals surface area contributed by atoms with Gasteiger partial charge in [0.1, 0.15) is 5.75 Å². The molecule has 4 saturated carbocycles. The zero-order chi connectivity index (χ0) is 28.5. The van der Waals surface area contributed by atoms with Crippen molar-refractivity contribution in [1.29, 1.82) is 0 Å². The number of esters is 1. The van der Waals surface area contributed by atoms with Gasteiger partial charge in [0, 0.05) is 16.7 Å². The summed E-state index contributed by atoms with van der Waals surface area (Å²) < 4.78 is 11.4. The quantitative estimate of drug-likeness (QED) is 0.132. The SMILES string of the molecule is CCCCCCCCCCCCOc1ccc(C#Cc2ccc(C(=O)OC)cc2)cc1C12CC3CC(CC(C3)C1)C2. The van der Waals surface area contributed by atoms with Gasteiger partial charge in [0.25, 0.3) is 0 Å². The summed E-state index contributed by atoms with van der Waals surface area (Å²) in [5, 5.41) is 0. The van der Waals surface area contributed by atoms with Crippen LogP contribution in [0.1, 0.15) is 137 Å². The highest BCUT2D eigenvalue weighted by Gasteiger charge is 2.52. The van der Waals surface area contributed by atoms with Crippen molar-refractivity contribution in [2.75, 3.05) is 13.7 Å². The maximum atomic E-state index is 11.8. The van der Waals surface area contributed by atoms with Crippen LogP contribution in [0.25, 0.3) is 0 Å². The Balaban J connectivity index is 1.23. The Morgan fingerprint density at radius 1 is 0.756 bits per heavy atom. The minimum atomic E-state index is -0.321. The highest BCUT2D eigenvalue weighted by Crippen LogP contribution is 2.62. The van der Waals surface area contributed by atoms with E-state index in [4.69, 9.17) is 9.47 Å². The van der Waals surface area contributed by atoms with Crippen molar-refractivity contribution in [3.05, 3.63) is 64.7 Å². The first-order valence-electron chi connectivity index (χ1n) is 16.6. The van der Waals surface area contributed by atoms with Crippen molar-refractivity contribution in [3.63, 3.8) is 0 Å². The van der Waals surface area contributed by atoms with Crippen LogP contribution >= 0.6 is 0 Å². The summed E-state index contributed by atoms with van der Waals surface area (Å²) in [5.74, 6) is 10.2. The molecule has 0 atom stereocenters. The van der Waals surface area contributed by atoms with Crippen molar-refractivity contribution in [1.82, 2.24) is 0 Å². The Morgan fingerprint density at radius 3 is 1.88 bits per heavy atom. The van der Waals surface area contributed by atoms with E-state index in [1.165, 1.54) is 109 Å². The second kappa shape index (κ2) is 14.4. The second-order valence-electron chi connectivity index (χ2n) is 13.3. The van der Waals surface area contributed by atoms with Crippen LogP contribution < -0.4 is 4.74 Å². The van der Waals surface area contributed by atoms with E-state index in [-0.39, 0.29) is 11.4 Å². The van der Waals surface area contributed by atoms with Gasteiger partial charge < -0.3 is 9.47 Å². The minimum absolute atomic E-state index is 0.266. The summed E-state index contributed by atoms with van der Waals surface area (Å²) >= 11 is 0. The first-order valence-corrected chi connectivity index (χ1v) is 16.6. The van der Waals surface area contributed by atoms with Crippen LogP contribution in [0.3, 0.4) is 0 Å². The van der Waals surface area contributed by atoms with Crippen LogP contribution in [-0.2, 0) is 10.2 Å². The summed E-state index contributed by atoms with van der Waals surface area (Å²) in [6.07, 6.45) is 21.7. The largest absolute Gasteiger partial charge is 0.493 e. The maximum Gasteiger partial charge on any atom is 0.337 e. The van der Waals surface area contributed by atoms with E-state index in [1.807, 2.05) is 12.1 Å². The minimum Gasteiger partial charge on any atom is -0.493 e. The fourth-order valence-electron chi connectivity index (χ4n) is 8.31. The van der Waals surface area contributed by atoms with Crippen LogP contribution in [-0.4, -0.2) is 19.7 Å². The number of ether oxygens (including phenoxy) is 2. The molecule has 0 unspecified atom stereocenters. The van der Waals surface area contributed by atoms with Crippen molar-refractivity contribution < 1.29 is 14.3 Å². The van der Waals surface area contributed by atoms with Crippen LogP contribution in [0.5, 0.6) is 5.75 Å². The summed E-state index contributed by atoms with van der Waals surface area (Å²) in [6, 6.07) is 14.0. The summed E-state index contributed by atoms with van der Waals surface area (Å²) in [4.78, 5) is 11.8. The molecule has 4 bridgehead atoms. The number of rotatable bonds is 14. The molecule has 4 fully saturated rings. The highest BCUT2D eigenvalue weighted by molar-refractivity contribution is 5.89. The Morgan fingerprint density at radius 2 is 1.29 bits per heavy atom. The molecule has 0 heterocycles. The standard InChI is InChI=1S/C38H50O3/c1-3-4-5-6-7-8-9-10-11-12-21-41-36-20-17-30(14-13-29-15-18-34(19-16-29)37(39)40-2)25-35(36)38-26-31-22-32(27-38)24-33(23-31)28-38/h15-20,25,31-33H,3-12,21-24,26-28H2,1-2H3. The molecule has 3 nitrogen and oxygen atoms in total. The van der Waals surface area contributed by atoms with Gasteiger partial charge in [-0.2, -0.15) is 0 Å². The van der Waals surface area contributed by atoms with Gasteiger partial charge in [0.05, 0.1) is 19.3 Å². The zero-order valence-corrected chi connectivity index (χ0v) is 25.5. The molecule has 0 N–H and O–H groups in total. The lowest BCUT2D eigenvalue weighted by molar-refractivity contribution is -0.00641. The molecular weight excluding hydrogens is 504 g/mol. The van der Waals surface area contributed by atoms with Crippen LogP contribution in [0.15, 0.2) is 42.5 Å². The van der Waals surface area contributed by atoms with Gasteiger partial charge >= 0.3 is 5.97 Å². The molecule has 0 aliphatic heterocycles. The fraction of sp³-hybridized carbons (Fsp3) is 0.605. The lowest BCUT2D eigenvalue weighted by Crippen LogP contribution is -2.48. The fourth-order valence-corrected chi connectivity index (χ4v) is 8.31. The van der Waals surface area contributed by atoms with E-state index in [2.05, 4.69) is 37.0 Å². The molecular formula is C38H50O3. The molecule has 4 aliphatic carbocycles. The molecule has 2 aromatic rings. The molecule has 6 rings (SSSR count). The molecule has 0 aromatic heterocycles. The van der Waals surface area contributed by atoms with Gasteiger partial charge in [0.2, 0.25) is 0 Å². The van der Waals surface area contributed by atoms with E-state index in [0.717, 1.165) is 47.7 Å². The molecule has 2 aromatic carbocycles. The van der Waals surface area contributed by atoms with Crippen molar-refractivity contribution in [3.8, 4) is 17.6 Å². The Labute approximate surface area is 248 Å². The second-order valence-corrected chi connectivity index (χ2v) is 13.3. The van der Waals surface area contributed by atoms with E-state index in [0.29, 0.717) is 5.56 Å². The van der Waals surface area contributed by atoms with E-state index >= 15 is 0 Å². The van der Waals surface area contributed by atoms with Gasteiger partial charge in [0.15, 0.2) is 0 Å². The average molecular weight is 555 g/mol. The van der Waals surface area contributed by atoms with Crippen molar-refractivity contribution in [2.24, 2.45) is 17.8 Å². The molecule has 0 spiro atoms. The van der Waals surface area contributed by atoms with Gasteiger partial charge in [-0.1, -0.05) is 76.6 Å².